The molecule has 0 aromatic rings. The minimum absolute atomic E-state index is 0.00111. The monoisotopic (exact) mass is 234 g/mol. The highest BCUT2D eigenvalue weighted by Crippen LogP contribution is 2.57. The van der Waals surface area contributed by atoms with E-state index in [0.717, 1.165) is 50.4 Å². The van der Waals surface area contributed by atoms with E-state index in [1.54, 1.807) is 0 Å². The molecule has 3 atom stereocenters. The van der Waals surface area contributed by atoms with Crippen LogP contribution in [-0.4, -0.2) is 17.5 Å². The quantitative estimate of drug-likeness (QED) is 0.559. The minimum Gasteiger partial charge on any atom is -0.393 e. The number of aliphatic hydroxyl groups excluding tert-OH is 1. The van der Waals surface area contributed by atoms with Gasteiger partial charge in [-0.15, -0.1) is 0 Å². The average molecular weight is 234 g/mol. The second kappa shape index (κ2) is 4.77. The molecule has 0 saturated heterocycles. The molecule has 0 aliphatic heterocycles. The molecule has 0 aromatic carbocycles. The van der Waals surface area contributed by atoms with Gasteiger partial charge in [0.2, 0.25) is 0 Å². The van der Waals surface area contributed by atoms with Crippen molar-refractivity contribution in [1.29, 1.82) is 0 Å². The van der Waals surface area contributed by atoms with E-state index < -0.39 is 0 Å². The van der Waals surface area contributed by atoms with Gasteiger partial charge in [0.25, 0.3) is 0 Å². The molecular formula is C15H22O2. The molecule has 2 heteroatoms. The van der Waals surface area contributed by atoms with Crippen LogP contribution in [0.4, 0.5) is 0 Å². The van der Waals surface area contributed by atoms with Crippen molar-refractivity contribution in [2.45, 2.75) is 51.6 Å². The smallest absolute Gasteiger partial charge is 0.145 e. The molecule has 1 N–H and O–H groups in total. The molecule has 3 unspecified atom stereocenters. The first-order valence-corrected chi connectivity index (χ1v) is 6.57. The third-order valence-corrected chi connectivity index (χ3v) is 4.44. The average Bonchev–Trinajstić information content (AvgIpc) is 2.96. The highest BCUT2D eigenvalue weighted by atomic mass is 16.3. The largest absolute Gasteiger partial charge is 0.393 e. The Morgan fingerprint density at radius 1 is 1.47 bits per heavy atom. The Morgan fingerprint density at radius 2 is 2.24 bits per heavy atom. The van der Waals surface area contributed by atoms with Crippen LogP contribution < -0.4 is 0 Å². The molecular weight excluding hydrogens is 212 g/mol. The number of rotatable bonds is 1. The van der Waals surface area contributed by atoms with Crippen LogP contribution >= 0.6 is 0 Å². The highest BCUT2D eigenvalue weighted by Gasteiger charge is 2.53. The first-order valence-electron chi connectivity index (χ1n) is 6.57. The lowest BCUT2D eigenvalue weighted by atomic mass is 9.93. The second-order valence-electron chi connectivity index (χ2n) is 5.83. The Morgan fingerprint density at radius 3 is 2.94 bits per heavy atom. The zero-order chi connectivity index (χ0) is 12.5. The molecule has 1 fully saturated rings. The SMILES string of the molecule is C=C1CCCC(C=O)=CC2CC2(C)C(O)CC1. The first kappa shape index (κ1) is 12.6. The van der Waals surface area contributed by atoms with Crippen LogP contribution in [0.5, 0.6) is 0 Å². The van der Waals surface area contributed by atoms with Crippen molar-refractivity contribution in [3.05, 3.63) is 23.8 Å². The Balaban J connectivity index is 2.13. The van der Waals surface area contributed by atoms with Crippen LogP contribution in [0.1, 0.15) is 45.4 Å². The molecule has 94 valence electrons. The summed E-state index contributed by atoms with van der Waals surface area (Å²) >= 11 is 0. The lowest BCUT2D eigenvalue weighted by molar-refractivity contribution is -0.105. The maximum absolute atomic E-state index is 11.0. The van der Waals surface area contributed by atoms with Gasteiger partial charge in [-0.2, -0.15) is 0 Å². The fraction of sp³-hybridized carbons (Fsp3) is 0.667. The summed E-state index contributed by atoms with van der Waals surface area (Å²) in [4.78, 5) is 11.0. The molecule has 2 nitrogen and oxygen atoms in total. The molecule has 0 heterocycles. The van der Waals surface area contributed by atoms with E-state index >= 15 is 0 Å². The molecule has 2 aliphatic rings. The van der Waals surface area contributed by atoms with Crippen molar-refractivity contribution in [2.24, 2.45) is 11.3 Å². The van der Waals surface area contributed by atoms with Crippen LogP contribution in [0.15, 0.2) is 23.8 Å². The molecule has 2 aliphatic carbocycles. The summed E-state index contributed by atoms with van der Waals surface area (Å²) in [6.45, 7) is 6.17. The minimum atomic E-state index is -0.258. The summed E-state index contributed by atoms with van der Waals surface area (Å²) in [7, 11) is 0. The Hall–Kier alpha value is -0.890. The summed E-state index contributed by atoms with van der Waals surface area (Å²) in [5.41, 5.74) is 2.11. The van der Waals surface area contributed by atoms with Gasteiger partial charge in [-0.05, 0) is 50.0 Å². The van der Waals surface area contributed by atoms with Crippen LogP contribution in [-0.2, 0) is 4.79 Å². The summed E-state index contributed by atoms with van der Waals surface area (Å²) in [5, 5.41) is 10.2. The second-order valence-corrected chi connectivity index (χ2v) is 5.83. The number of aldehydes is 1. The summed E-state index contributed by atoms with van der Waals surface area (Å²) in [5.74, 6) is 0.393. The normalized spacial score (nSPS) is 38.7. The zero-order valence-corrected chi connectivity index (χ0v) is 10.6. The fourth-order valence-corrected chi connectivity index (χ4v) is 2.83. The number of carbonyl (C=O) groups excluding carboxylic acids is 1. The van der Waals surface area contributed by atoms with E-state index in [2.05, 4.69) is 19.6 Å². The van der Waals surface area contributed by atoms with Crippen molar-refractivity contribution in [1.82, 2.24) is 0 Å². The number of aliphatic hydroxyl groups is 1. The fourth-order valence-electron chi connectivity index (χ4n) is 2.83. The topological polar surface area (TPSA) is 37.3 Å². The Bertz CT molecular complexity index is 356. The van der Waals surface area contributed by atoms with Gasteiger partial charge in [0.05, 0.1) is 6.10 Å². The van der Waals surface area contributed by atoms with Crippen LogP contribution in [0, 0.1) is 11.3 Å². The molecule has 0 radical (unpaired) electrons. The van der Waals surface area contributed by atoms with Crippen molar-refractivity contribution in [3.8, 4) is 0 Å². The van der Waals surface area contributed by atoms with Crippen molar-refractivity contribution in [3.63, 3.8) is 0 Å². The molecule has 1 saturated carbocycles. The number of fused-ring (bicyclic) bond motifs is 1. The maximum Gasteiger partial charge on any atom is 0.145 e. The van der Waals surface area contributed by atoms with Gasteiger partial charge < -0.3 is 5.11 Å². The van der Waals surface area contributed by atoms with Crippen LogP contribution in [0.25, 0.3) is 0 Å². The first-order chi connectivity index (χ1) is 8.06. The van der Waals surface area contributed by atoms with Gasteiger partial charge in [-0.25, -0.2) is 0 Å². The Labute approximate surface area is 103 Å². The third-order valence-electron chi connectivity index (χ3n) is 4.44. The summed E-state index contributed by atoms with van der Waals surface area (Å²) < 4.78 is 0. The maximum atomic E-state index is 11.0. The molecule has 0 aromatic heterocycles. The zero-order valence-electron chi connectivity index (χ0n) is 10.6. The van der Waals surface area contributed by atoms with E-state index in [1.807, 2.05) is 0 Å². The van der Waals surface area contributed by atoms with Gasteiger partial charge >= 0.3 is 0 Å². The van der Waals surface area contributed by atoms with Gasteiger partial charge in [0.15, 0.2) is 0 Å². The van der Waals surface area contributed by atoms with E-state index in [0.29, 0.717) is 5.92 Å². The molecule has 0 amide bonds. The van der Waals surface area contributed by atoms with Gasteiger partial charge in [0.1, 0.15) is 6.29 Å². The summed E-state index contributed by atoms with van der Waals surface area (Å²) in [6, 6.07) is 0. The molecule has 0 bridgehead atoms. The lowest BCUT2D eigenvalue weighted by Crippen LogP contribution is -2.20. The van der Waals surface area contributed by atoms with Crippen molar-refractivity contribution < 1.29 is 9.90 Å². The van der Waals surface area contributed by atoms with Gasteiger partial charge in [0, 0.05) is 5.41 Å². The van der Waals surface area contributed by atoms with E-state index in [9.17, 15) is 9.90 Å². The predicted molar refractivity (Wildman–Crippen MR) is 68.6 cm³/mol. The van der Waals surface area contributed by atoms with Crippen molar-refractivity contribution >= 4 is 6.29 Å². The predicted octanol–water partition coefficient (Wildman–Crippen LogP) is 3.02. The van der Waals surface area contributed by atoms with E-state index in [1.165, 1.54) is 5.57 Å². The molecule has 2 rings (SSSR count). The third kappa shape index (κ3) is 2.68. The highest BCUT2D eigenvalue weighted by molar-refractivity contribution is 5.73. The van der Waals surface area contributed by atoms with Crippen LogP contribution in [0.3, 0.4) is 0 Å². The number of hydrogen-bond acceptors (Lipinski definition) is 2. The summed E-state index contributed by atoms with van der Waals surface area (Å²) in [6.07, 6.45) is 8.38. The van der Waals surface area contributed by atoms with Crippen LogP contribution in [0.2, 0.25) is 0 Å². The van der Waals surface area contributed by atoms with E-state index in [-0.39, 0.29) is 11.5 Å². The lowest BCUT2D eigenvalue weighted by Gasteiger charge is -2.19. The number of allylic oxidation sites excluding steroid dienone is 3. The van der Waals surface area contributed by atoms with Gasteiger partial charge in [-0.3, -0.25) is 4.79 Å². The Kier molecular flexibility index (Phi) is 3.53. The number of carbonyl (C=O) groups is 1. The standard InChI is InChI=1S/C15H22O2/c1-11-4-3-5-12(10-16)8-13-9-15(13,2)14(17)7-6-11/h8,10,13-14,17H,1,3-7,9H2,2H3. The number of hydrogen-bond donors (Lipinski definition) is 1. The van der Waals surface area contributed by atoms with Crippen molar-refractivity contribution in [2.75, 3.05) is 0 Å². The van der Waals surface area contributed by atoms with Gasteiger partial charge in [-0.1, -0.05) is 25.2 Å². The molecule has 0 spiro atoms. The van der Waals surface area contributed by atoms with E-state index in [4.69, 9.17) is 0 Å². The molecule has 17 heavy (non-hydrogen) atoms.